The Hall–Kier alpha value is -1.82. The molecule has 0 atom stereocenters. The summed E-state index contributed by atoms with van der Waals surface area (Å²) in [5, 5.41) is 8.30. The first-order valence-corrected chi connectivity index (χ1v) is 7.54. The van der Waals surface area contributed by atoms with Crippen molar-refractivity contribution in [2.45, 2.75) is 0 Å². The molecule has 3 aromatic rings. The summed E-state index contributed by atoms with van der Waals surface area (Å²) in [4.78, 5) is 0. The van der Waals surface area contributed by atoms with E-state index in [0.717, 1.165) is 5.56 Å². The Labute approximate surface area is 142 Å². The Morgan fingerprint density at radius 2 is 1.91 bits per heavy atom. The molecule has 0 unspecified atom stereocenters. The van der Waals surface area contributed by atoms with E-state index in [1.165, 1.54) is 0 Å². The Kier molecular flexibility index (Phi) is 4.20. The molecule has 4 nitrogen and oxygen atoms in total. The van der Waals surface area contributed by atoms with E-state index >= 15 is 0 Å². The molecule has 0 aliphatic rings. The highest BCUT2D eigenvalue weighted by atomic mass is 35.5. The van der Waals surface area contributed by atoms with E-state index in [1.807, 2.05) is 18.2 Å². The van der Waals surface area contributed by atoms with Crippen molar-refractivity contribution in [1.82, 2.24) is 14.8 Å². The van der Waals surface area contributed by atoms with Crippen molar-refractivity contribution >= 4 is 35.4 Å². The lowest BCUT2D eigenvalue weighted by atomic mass is 10.2. The average molecular weight is 352 g/mol. The first kappa shape index (κ1) is 15.1. The van der Waals surface area contributed by atoms with Gasteiger partial charge in [0.15, 0.2) is 10.6 Å². The quantitative estimate of drug-likeness (QED) is 0.681. The summed E-state index contributed by atoms with van der Waals surface area (Å²) in [5.41, 5.74) is 1.55. The van der Waals surface area contributed by atoms with Crippen LogP contribution in [0.25, 0.3) is 17.1 Å². The predicted molar refractivity (Wildman–Crippen MR) is 90.8 cm³/mol. The van der Waals surface area contributed by atoms with E-state index in [2.05, 4.69) is 10.2 Å². The number of hydrogen-bond donors (Lipinski definition) is 1. The molecule has 0 aliphatic carbocycles. The lowest BCUT2D eigenvalue weighted by Gasteiger charge is -2.12. The molecule has 2 aromatic carbocycles. The van der Waals surface area contributed by atoms with Gasteiger partial charge in [-0.25, -0.2) is 0 Å². The molecule has 1 N–H and O–H groups in total. The smallest absolute Gasteiger partial charge is 0.200 e. The number of hydrogen-bond acceptors (Lipinski definition) is 3. The molecule has 22 heavy (non-hydrogen) atoms. The molecular weight excluding hydrogens is 341 g/mol. The van der Waals surface area contributed by atoms with Gasteiger partial charge in [-0.3, -0.25) is 9.67 Å². The molecule has 1 aromatic heterocycles. The highest BCUT2D eigenvalue weighted by Gasteiger charge is 2.15. The third-order valence-corrected chi connectivity index (χ3v) is 3.88. The van der Waals surface area contributed by atoms with Gasteiger partial charge in [0.1, 0.15) is 5.75 Å². The van der Waals surface area contributed by atoms with Crippen LogP contribution >= 0.6 is 35.4 Å². The fourth-order valence-corrected chi connectivity index (χ4v) is 2.77. The molecule has 3 rings (SSSR count). The average Bonchev–Trinajstić information content (AvgIpc) is 2.89. The van der Waals surface area contributed by atoms with Crippen molar-refractivity contribution in [2.75, 3.05) is 7.11 Å². The van der Waals surface area contributed by atoms with Crippen molar-refractivity contribution in [3.63, 3.8) is 0 Å². The number of rotatable bonds is 3. The van der Waals surface area contributed by atoms with Crippen LogP contribution in [0.4, 0.5) is 0 Å². The molecule has 1 heterocycles. The number of nitrogens with zero attached hydrogens (tertiary/aromatic N) is 2. The van der Waals surface area contributed by atoms with Gasteiger partial charge in [-0.05, 0) is 42.5 Å². The number of halogens is 2. The topological polar surface area (TPSA) is 42.8 Å². The Bertz CT molecular complexity index is 888. The second kappa shape index (κ2) is 6.12. The summed E-state index contributed by atoms with van der Waals surface area (Å²) in [6.45, 7) is 0. The number of ether oxygens (including phenoxy) is 1. The number of H-pyrrole nitrogens is 1. The van der Waals surface area contributed by atoms with Crippen LogP contribution in [0.15, 0.2) is 42.5 Å². The molecule has 0 fully saturated rings. The summed E-state index contributed by atoms with van der Waals surface area (Å²) >= 11 is 17.5. The summed E-state index contributed by atoms with van der Waals surface area (Å²) < 4.78 is 7.61. The van der Waals surface area contributed by atoms with Crippen LogP contribution in [0, 0.1) is 4.77 Å². The predicted octanol–water partition coefficient (Wildman–Crippen LogP) is 4.91. The second-order valence-electron chi connectivity index (χ2n) is 4.51. The SMILES string of the molecule is COc1ccc(Cl)cc1-n1c(-c2cccc(Cl)c2)n[nH]c1=S. The van der Waals surface area contributed by atoms with Crippen LogP contribution in [0.2, 0.25) is 10.0 Å². The van der Waals surface area contributed by atoms with Crippen molar-refractivity contribution in [1.29, 1.82) is 0 Å². The zero-order valence-electron chi connectivity index (χ0n) is 11.5. The lowest BCUT2D eigenvalue weighted by molar-refractivity contribution is 0.413. The number of methoxy groups -OCH3 is 1. The number of aromatic nitrogens is 3. The van der Waals surface area contributed by atoms with Crippen molar-refractivity contribution < 1.29 is 4.74 Å². The zero-order valence-corrected chi connectivity index (χ0v) is 13.8. The van der Waals surface area contributed by atoms with Gasteiger partial charge in [-0.15, -0.1) is 0 Å². The third-order valence-electron chi connectivity index (χ3n) is 3.14. The molecule has 0 spiro atoms. The number of aromatic amines is 1. The normalized spacial score (nSPS) is 10.7. The third kappa shape index (κ3) is 2.75. The van der Waals surface area contributed by atoms with Gasteiger partial charge in [-0.1, -0.05) is 35.3 Å². The summed E-state index contributed by atoms with van der Waals surface area (Å²) in [7, 11) is 1.59. The Balaban J connectivity index is 2.27. The zero-order chi connectivity index (χ0) is 15.7. The molecule has 0 aliphatic heterocycles. The lowest BCUT2D eigenvalue weighted by Crippen LogP contribution is -2.01. The number of nitrogens with one attached hydrogen (secondary N) is 1. The molecule has 7 heteroatoms. The molecule has 0 amide bonds. The van der Waals surface area contributed by atoms with Gasteiger partial charge < -0.3 is 4.74 Å². The Morgan fingerprint density at radius 1 is 1.14 bits per heavy atom. The first-order valence-electron chi connectivity index (χ1n) is 6.37. The van der Waals surface area contributed by atoms with Gasteiger partial charge in [0.05, 0.1) is 12.8 Å². The van der Waals surface area contributed by atoms with E-state index in [4.69, 9.17) is 40.2 Å². The van der Waals surface area contributed by atoms with Crippen LogP contribution < -0.4 is 4.74 Å². The van der Waals surface area contributed by atoms with E-state index in [9.17, 15) is 0 Å². The molecule has 0 saturated heterocycles. The van der Waals surface area contributed by atoms with E-state index in [-0.39, 0.29) is 0 Å². The molecule has 0 saturated carbocycles. The highest BCUT2D eigenvalue weighted by molar-refractivity contribution is 7.71. The maximum atomic E-state index is 6.11. The van der Waals surface area contributed by atoms with Gasteiger partial charge in [-0.2, -0.15) is 5.10 Å². The first-order chi connectivity index (χ1) is 10.6. The summed E-state index contributed by atoms with van der Waals surface area (Å²) in [6, 6.07) is 12.7. The molecule has 0 radical (unpaired) electrons. The van der Waals surface area contributed by atoms with Crippen LogP contribution in [-0.2, 0) is 0 Å². The fourth-order valence-electron chi connectivity index (χ4n) is 2.18. The number of benzene rings is 2. The van der Waals surface area contributed by atoms with E-state index in [1.54, 1.807) is 35.9 Å². The summed E-state index contributed by atoms with van der Waals surface area (Å²) in [6.07, 6.45) is 0. The van der Waals surface area contributed by atoms with Gasteiger partial charge >= 0.3 is 0 Å². The van der Waals surface area contributed by atoms with Gasteiger partial charge in [0.25, 0.3) is 0 Å². The van der Waals surface area contributed by atoms with E-state index < -0.39 is 0 Å². The minimum Gasteiger partial charge on any atom is -0.495 e. The highest BCUT2D eigenvalue weighted by Crippen LogP contribution is 2.31. The van der Waals surface area contributed by atoms with Crippen LogP contribution in [0.3, 0.4) is 0 Å². The standard InChI is InChI=1S/C15H11Cl2N3OS/c1-21-13-6-5-11(17)8-12(13)20-14(18-19-15(20)22)9-3-2-4-10(16)7-9/h2-8H,1H3,(H,19,22). The maximum Gasteiger partial charge on any atom is 0.200 e. The van der Waals surface area contributed by atoms with Crippen molar-refractivity contribution in [2.24, 2.45) is 0 Å². The van der Waals surface area contributed by atoms with Crippen LogP contribution in [-0.4, -0.2) is 21.9 Å². The molecule has 112 valence electrons. The largest absolute Gasteiger partial charge is 0.495 e. The Morgan fingerprint density at radius 3 is 2.64 bits per heavy atom. The van der Waals surface area contributed by atoms with Gasteiger partial charge in [0, 0.05) is 15.6 Å². The fraction of sp³-hybridized carbons (Fsp3) is 0.0667. The molecular formula is C15H11Cl2N3OS. The summed E-state index contributed by atoms with van der Waals surface area (Å²) in [5.74, 6) is 1.28. The maximum absolute atomic E-state index is 6.11. The monoisotopic (exact) mass is 351 g/mol. The van der Waals surface area contributed by atoms with Crippen LogP contribution in [0.1, 0.15) is 0 Å². The van der Waals surface area contributed by atoms with Gasteiger partial charge in [0.2, 0.25) is 0 Å². The van der Waals surface area contributed by atoms with Crippen molar-refractivity contribution in [3.8, 4) is 22.8 Å². The molecule has 0 bridgehead atoms. The van der Waals surface area contributed by atoms with Crippen molar-refractivity contribution in [3.05, 3.63) is 57.3 Å². The second-order valence-corrected chi connectivity index (χ2v) is 5.77. The van der Waals surface area contributed by atoms with Crippen LogP contribution in [0.5, 0.6) is 5.75 Å². The minimum atomic E-state index is 0.440. The van der Waals surface area contributed by atoms with E-state index in [0.29, 0.717) is 32.1 Å². The minimum absolute atomic E-state index is 0.440.